The molecule has 0 saturated carbocycles. The molecule has 102 valence electrons. The number of rotatable bonds is 3. The van der Waals surface area contributed by atoms with Gasteiger partial charge in [-0.1, -0.05) is 13.0 Å². The first-order valence-corrected chi connectivity index (χ1v) is 6.92. The van der Waals surface area contributed by atoms with Crippen LogP contribution in [-0.2, 0) is 0 Å². The first-order chi connectivity index (χ1) is 9.26. The highest BCUT2D eigenvalue weighted by Gasteiger charge is 2.18. The molecule has 1 fully saturated rings. The van der Waals surface area contributed by atoms with Gasteiger partial charge in [-0.05, 0) is 38.1 Å². The van der Waals surface area contributed by atoms with Crippen LogP contribution in [0.5, 0.6) is 0 Å². The van der Waals surface area contributed by atoms with Crippen LogP contribution in [-0.4, -0.2) is 37.6 Å². The summed E-state index contributed by atoms with van der Waals surface area (Å²) >= 11 is 0. The van der Waals surface area contributed by atoms with Gasteiger partial charge in [0.15, 0.2) is 0 Å². The summed E-state index contributed by atoms with van der Waals surface area (Å²) in [5.74, 6) is -0.422. The molecule has 0 spiro atoms. The lowest BCUT2D eigenvalue weighted by atomic mass is 10.1. The van der Waals surface area contributed by atoms with Crippen LogP contribution in [0, 0.1) is 17.1 Å². The Labute approximate surface area is 114 Å². The molecule has 1 aliphatic rings. The van der Waals surface area contributed by atoms with Crippen LogP contribution < -0.4 is 4.90 Å². The summed E-state index contributed by atoms with van der Waals surface area (Å²) in [6.45, 7) is 7.11. The van der Waals surface area contributed by atoms with Crippen molar-refractivity contribution in [1.82, 2.24) is 4.90 Å². The molecule has 1 aliphatic heterocycles. The van der Waals surface area contributed by atoms with Crippen LogP contribution in [0.25, 0.3) is 0 Å². The van der Waals surface area contributed by atoms with Gasteiger partial charge in [0.25, 0.3) is 0 Å². The first kappa shape index (κ1) is 13.8. The van der Waals surface area contributed by atoms with Gasteiger partial charge in [0.05, 0.1) is 5.69 Å². The van der Waals surface area contributed by atoms with E-state index in [-0.39, 0.29) is 5.56 Å². The lowest BCUT2D eigenvalue weighted by Gasteiger charge is -2.24. The average molecular weight is 261 g/mol. The molecule has 2 rings (SSSR count). The maximum atomic E-state index is 13.6. The van der Waals surface area contributed by atoms with Gasteiger partial charge in [-0.3, -0.25) is 0 Å². The van der Waals surface area contributed by atoms with Crippen molar-refractivity contribution in [2.75, 3.05) is 37.6 Å². The van der Waals surface area contributed by atoms with Crippen molar-refractivity contribution in [2.24, 2.45) is 0 Å². The topological polar surface area (TPSA) is 30.3 Å². The van der Waals surface area contributed by atoms with E-state index < -0.39 is 5.82 Å². The lowest BCUT2D eigenvalue weighted by Crippen LogP contribution is -2.31. The van der Waals surface area contributed by atoms with Crippen molar-refractivity contribution < 1.29 is 4.39 Å². The van der Waals surface area contributed by atoms with Gasteiger partial charge >= 0.3 is 0 Å². The molecule has 3 nitrogen and oxygen atoms in total. The fraction of sp³-hybridized carbons (Fsp3) is 0.533. The molecular weight excluding hydrogens is 241 g/mol. The van der Waals surface area contributed by atoms with E-state index in [0.29, 0.717) is 0 Å². The summed E-state index contributed by atoms with van der Waals surface area (Å²) in [6, 6.07) is 6.86. The van der Waals surface area contributed by atoms with Crippen molar-refractivity contribution in [1.29, 1.82) is 5.26 Å². The molecule has 0 aliphatic carbocycles. The number of benzene rings is 1. The maximum Gasteiger partial charge on any atom is 0.143 e. The minimum Gasteiger partial charge on any atom is -0.369 e. The van der Waals surface area contributed by atoms with Crippen molar-refractivity contribution in [3.8, 4) is 6.07 Å². The molecule has 4 heteroatoms. The largest absolute Gasteiger partial charge is 0.369 e. The van der Waals surface area contributed by atoms with E-state index in [1.54, 1.807) is 6.07 Å². The molecule has 0 radical (unpaired) electrons. The van der Waals surface area contributed by atoms with Gasteiger partial charge in [0, 0.05) is 19.6 Å². The summed E-state index contributed by atoms with van der Waals surface area (Å²) in [4.78, 5) is 4.57. The first-order valence-electron chi connectivity index (χ1n) is 6.92. The lowest BCUT2D eigenvalue weighted by molar-refractivity contribution is 0.294. The number of nitrogens with zero attached hydrogens (tertiary/aromatic N) is 3. The van der Waals surface area contributed by atoms with Crippen molar-refractivity contribution in [3.63, 3.8) is 0 Å². The molecule has 0 bridgehead atoms. The molecule has 19 heavy (non-hydrogen) atoms. The Kier molecular flexibility index (Phi) is 4.75. The quantitative estimate of drug-likeness (QED) is 0.838. The summed E-state index contributed by atoms with van der Waals surface area (Å²) in [5.41, 5.74) is 0.910. The maximum absolute atomic E-state index is 13.6. The van der Waals surface area contributed by atoms with Gasteiger partial charge in [-0.25, -0.2) is 4.39 Å². The van der Waals surface area contributed by atoms with E-state index in [0.717, 1.165) is 51.3 Å². The second kappa shape index (κ2) is 6.53. The molecule has 0 N–H and O–H groups in total. The molecule has 0 atom stereocenters. The summed E-state index contributed by atoms with van der Waals surface area (Å²) in [6.07, 6.45) is 2.21. The van der Waals surface area contributed by atoms with E-state index in [2.05, 4.69) is 16.7 Å². The van der Waals surface area contributed by atoms with Crippen molar-refractivity contribution in [2.45, 2.75) is 19.8 Å². The van der Waals surface area contributed by atoms with Crippen LogP contribution in [0.3, 0.4) is 0 Å². The number of hydrogen-bond donors (Lipinski definition) is 0. The number of hydrogen-bond acceptors (Lipinski definition) is 3. The predicted molar refractivity (Wildman–Crippen MR) is 74.7 cm³/mol. The third kappa shape index (κ3) is 3.24. The van der Waals surface area contributed by atoms with Gasteiger partial charge < -0.3 is 9.80 Å². The molecular formula is C15H20FN3. The van der Waals surface area contributed by atoms with Gasteiger partial charge in [-0.15, -0.1) is 0 Å². The number of anilines is 1. The molecule has 1 aromatic rings. The smallest absolute Gasteiger partial charge is 0.143 e. The SMILES string of the molecule is CCCN1CCCN(c2cccc(F)c2C#N)CC1. The third-order valence-corrected chi connectivity index (χ3v) is 3.57. The Morgan fingerprint density at radius 2 is 2.11 bits per heavy atom. The van der Waals surface area contributed by atoms with Gasteiger partial charge in [0.1, 0.15) is 17.4 Å². The Balaban J connectivity index is 2.15. The highest BCUT2D eigenvalue weighted by molar-refractivity contribution is 5.59. The Morgan fingerprint density at radius 1 is 1.26 bits per heavy atom. The highest BCUT2D eigenvalue weighted by atomic mass is 19.1. The highest BCUT2D eigenvalue weighted by Crippen LogP contribution is 2.23. The fourth-order valence-electron chi connectivity index (χ4n) is 2.64. The zero-order valence-corrected chi connectivity index (χ0v) is 11.4. The molecule has 1 aromatic carbocycles. The van der Waals surface area contributed by atoms with Crippen LogP contribution in [0.15, 0.2) is 18.2 Å². The number of nitriles is 1. The second-order valence-corrected chi connectivity index (χ2v) is 4.93. The zero-order valence-electron chi connectivity index (χ0n) is 11.4. The molecule has 0 aromatic heterocycles. The zero-order chi connectivity index (χ0) is 13.7. The Hall–Kier alpha value is -1.60. The summed E-state index contributed by atoms with van der Waals surface area (Å²) < 4.78 is 13.6. The van der Waals surface area contributed by atoms with Crippen LogP contribution in [0.4, 0.5) is 10.1 Å². The normalized spacial score (nSPS) is 17.0. The van der Waals surface area contributed by atoms with E-state index in [1.165, 1.54) is 6.07 Å². The van der Waals surface area contributed by atoms with Gasteiger partial charge in [-0.2, -0.15) is 5.26 Å². The van der Waals surface area contributed by atoms with Crippen LogP contribution >= 0.6 is 0 Å². The van der Waals surface area contributed by atoms with Crippen molar-refractivity contribution in [3.05, 3.63) is 29.6 Å². The minimum absolute atomic E-state index is 0.173. The van der Waals surface area contributed by atoms with E-state index in [9.17, 15) is 4.39 Å². The van der Waals surface area contributed by atoms with E-state index >= 15 is 0 Å². The van der Waals surface area contributed by atoms with Crippen LogP contribution in [0.1, 0.15) is 25.3 Å². The van der Waals surface area contributed by atoms with E-state index in [1.807, 2.05) is 12.1 Å². The monoisotopic (exact) mass is 261 g/mol. The minimum atomic E-state index is -0.422. The average Bonchev–Trinajstić information content (AvgIpc) is 2.64. The Bertz CT molecular complexity index is 467. The third-order valence-electron chi connectivity index (χ3n) is 3.57. The Morgan fingerprint density at radius 3 is 2.84 bits per heavy atom. The summed E-state index contributed by atoms with van der Waals surface area (Å²) in [5, 5.41) is 9.11. The van der Waals surface area contributed by atoms with Crippen molar-refractivity contribution >= 4 is 5.69 Å². The molecule has 0 unspecified atom stereocenters. The van der Waals surface area contributed by atoms with E-state index in [4.69, 9.17) is 5.26 Å². The van der Waals surface area contributed by atoms with Gasteiger partial charge in [0.2, 0.25) is 0 Å². The van der Waals surface area contributed by atoms with Crippen LogP contribution in [0.2, 0.25) is 0 Å². The standard InChI is InChI=1S/C15H20FN3/c1-2-7-18-8-4-9-19(11-10-18)15-6-3-5-14(16)13(15)12-17/h3,5-6H,2,4,7-11H2,1H3. The summed E-state index contributed by atoms with van der Waals surface area (Å²) in [7, 11) is 0. The molecule has 0 amide bonds. The predicted octanol–water partition coefficient (Wildman–Crippen LogP) is 2.62. The second-order valence-electron chi connectivity index (χ2n) is 4.93. The fourth-order valence-corrected chi connectivity index (χ4v) is 2.64. The number of halogens is 1. The molecule has 1 heterocycles. The molecule has 1 saturated heterocycles.